The van der Waals surface area contributed by atoms with Crippen LogP contribution in [0.4, 0.5) is 0 Å². The van der Waals surface area contributed by atoms with Crippen molar-refractivity contribution in [1.29, 1.82) is 0 Å². The molecule has 4 atom stereocenters. The summed E-state index contributed by atoms with van der Waals surface area (Å²) in [6.45, 7) is 25.5. The first-order valence-corrected chi connectivity index (χ1v) is 17.4. The van der Waals surface area contributed by atoms with Crippen molar-refractivity contribution in [1.82, 2.24) is 0 Å². The molecule has 0 bridgehead atoms. The fourth-order valence-corrected chi connectivity index (χ4v) is 5.73. The van der Waals surface area contributed by atoms with Crippen molar-refractivity contribution >= 4 is 16.6 Å². The highest BCUT2D eigenvalue weighted by molar-refractivity contribution is 6.74. The minimum absolute atomic E-state index is 0.110. The van der Waals surface area contributed by atoms with Crippen LogP contribution in [0.25, 0.3) is 0 Å². The maximum Gasteiger partial charge on any atom is 0.192 e. The van der Waals surface area contributed by atoms with Crippen molar-refractivity contribution in [2.24, 2.45) is 5.92 Å². The fourth-order valence-electron chi connectivity index (χ4n) is 3.27. The monoisotopic (exact) mass is 446 g/mol. The molecule has 0 aromatic rings. The zero-order valence-electron chi connectivity index (χ0n) is 21.2. The predicted octanol–water partition coefficient (Wildman–Crippen LogP) is 6.09. The molecule has 29 heavy (non-hydrogen) atoms. The van der Waals surface area contributed by atoms with E-state index in [4.69, 9.17) is 8.85 Å². The number of rotatable bonds is 11. The van der Waals surface area contributed by atoms with Crippen LogP contribution in [0, 0.1) is 5.92 Å². The van der Waals surface area contributed by atoms with Crippen LogP contribution in [0.5, 0.6) is 0 Å². The van der Waals surface area contributed by atoms with Crippen LogP contribution in [0.1, 0.15) is 80.6 Å². The molecule has 1 aliphatic rings. The van der Waals surface area contributed by atoms with E-state index in [-0.39, 0.29) is 22.1 Å². The molecule has 0 saturated heterocycles. The zero-order chi connectivity index (χ0) is 22.9. The number of hydrogen-bond acceptors (Lipinski definition) is 4. The Morgan fingerprint density at radius 2 is 1.52 bits per heavy atom. The summed E-state index contributed by atoms with van der Waals surface area (Å²) < 4.78 is 13.2. The van der Waals surface area contributed by atoms with E-state index in [1.807, 2.05) is 6.92 Å². The van der Waals surface area contributed by atoms with Crippen molar-refractivity contribution in [3.05, 3.63) is 0 Å². The predicted molar refractivity (Wildman–Crippen MR) is 128 cm³/mol. The molecule has 0 spiro atoms. The van der Waals surface area contributed by atoms with Crippen LogP contribution in [0.3, 0.4) is 0 Å². The highest BCUT2D eigenvalue weighted by Gasteiger charge is 2.54. The van der Waals surface area contributed by atoms with Gasteiger partial charge in [0.15, 0.2) is 16.6 Å². The van der Waals surface area contributed by atoms with Crippen molar-refractivity contribution in [3.63, 3.8) is 0 Å². The quantitative estimate of drug-likeness (QED) is 0.377. The Balaban J connectivity index is 2.78. The van der Waals surface area contributed by atoms with E-state index in [2.05, 4.69) is 67.7 Å². The molecule has 6 heteroatoms. The smallest absolute Gasteiger partial charge is 0.192 e. The highest BCUT2D eigenvalue weighted by Crippen LogP contribution is 2.51. The van der Waals surface area contributed by atoms with E-state index < -0.39 is 28.3 Å². The Morgan fingerprint density at radius 1 is 1.00 bits per heavy atom. The Hall–Kier alpha value is 0.274. The van der Waals surface area contributed by atoms with E-state index in [0.29, 0.717) is 12.8 Å². The van der Waals surface area contributed by atoms with Gasteiger partial charge in [0.1, 0.15) is 0 Å². The van der Waals surface area contributed by atoms with Crippen LogP contribution >= 0.6 is 0 Å². The molecular formula is C23H50O4Si2. The molecule has 0 aromatic carbocycles. The normalized spacial score (nSPS) is 25.8. The first-order chi connectivity index (χ1) is 12.8. The largest absolute Gasteiger partial charge is 0.417 e. The highest BCUT2D eigenvalue weighted by atomic mass is 28.4. The van der Waals surface area contributed by atoms with Gasteiger partial charge in [0, 0.05) is 19.1 Å². The Labute approximate surface area is 183 Å². The van der Waals surface area contributed by atoms with Gasteiger partial charge in [-0.3, -0.25) is 0 Å². The third-order valence-electron chi connectivity index (χ3n) is 7.78. The Bertz CT molecular complexity index is 522. The number of hydrogen-bond donors (Lipinski definition) is 2. The SMILES string of the molecule is CC[C@H](O)CC1(O)CC1C[C@@H](CCO[Si](C)(C)C(C)(C)C)O[Si](C)(C)C(C)(C)C. The second-order valence-electron chi connectivity index (χ2n) is 12.4. The van der Waals surface area contributed by atoms with Gasteiger partial charge in [-0.05, 0) is 67.9 Å². The van der Waals surface area contributed by atoms with Crippen molar-refractivity contribution in [2.45, 2.75) is 135 Å². The molecule has 0 heterocycles. The molecule has 1 rings (SSSR count). The minimum atomic E-state index is -1.90. The molecular weight excluding hydrogens is 396 g/mol. The fraction of sp³-hybridized carbons (Fsp3) is 1.00. The maximum atomic E-state index is 10.8. The average molecular weight is 447 g/mol. The lowest BCUT2D eigenvalue weighted by Crippen LogP contribution is -2.45. The molecule has 174 valence electrons. The topological polar surface area (TPSA) is 58.9 Å². The van der Waals surface area contributed by atoms with Crippen molar-refractivity contribution in [3.8, 4) is 0 Å². The second-order valence-corrected chi connectivity index (χ2v) is 22.0. The second kappa shape index (κ2) is 9.41. The van der Waals surface area contributed by atoms with Crippen molar-refractivity contribution < 1.29 is 19.1 Å². The number of aliphatic hydroxyl groups is 2. The van der Waals surface area contributed by atoms with Gasteiger partial charge in [-0.25, -0.2) is 0 Å². The Kier molecular flexibility index (Phi) is 8.86. The Morgan fingerprint density at radius 3 is 1.97 bits per heavy atom. The van der Waals surface area contributed by atoms with Gasteiger partial charge in [0.25, 0.3) is 0 Å². The minimum Gasteiger partial charge on any atom is -0.417 e. The van der Waals surface area contributed by atoms with Crippen LogP contribution in [0.2, 0.25) is 36.3 Å². The lowest BCUT2D eigenvalue weighted by Gasteiger charge is -2.40. The third-order valence-corrected chi connectivity index (χ3v) is 16.9. The summed E-state index contributed by atoms with van der Waals surface area (Å²) in [4.78, 5) is 0. The summed E-state index contributed by atoms with van der Waals surface area (Å²) >= 11 is 0. The molecule has 0 amide bonds. The van der Waals surface area contributed by atoms with Crippen LogP contribution in [0.15, 0.2) is 0 Å². The molecule has 0 aliphatic heterocycles. The summed E-state index contributed by atoms with van der Waals surface area (Å²) in [5.41, 5.74) is -0.704. The van der Waals surface area contributed by atoms with Crippen LogP contribution < -0.4 is 0 Å². The molecule has 2 N–H and O–H groups in total. The molecule has 4 nitrogen and oxygen atoms in total. The van der Waals surface area contributed by atoms with E-state index in [9.17, 15) is 10.2 Å². The van der Waals surface area contributed by atoms with E-state index >= 15 is 0 Å². The summed E-state index contributed by atoms with van der Waals surface area (Å²) in [6, 6.07) is 0. The maximum absolute atomic E-state index is 10.8. The lowest BCUT2D eigenvalue weighted by molar-refractivity contribution is 0.0419. The van der Waals surface area contributed by atoms with Crippen molar-refractivity contribution in [2.75, 3.05) is 6.61 Å². The van der Waals surface area contributed by atoms with E-state index in [0.717, 1.165) is 25.9 Å². The van der Waals surface area contributed by atoms with Crippen LogP contribution in [-0.4, -0.2) is 51.3 Å². The first kappa shape index (κ1) is 27.3. The van der Waals surface area contributed by atoms with Gasteiger partial charge in [-0.15, -0.1) is 0 Å². The van der Waals surface area contributed by atoms with Gasteiger partial charge in [0.2, 0.25) is 0 Å². The average Bonchev–Trinajstić information content (AvgIpc) is 3.12. The van der Waals surface area contributed by atoms with Crippen LogP contribution in [-0.2, 0) is 8.85 Å². The molecule has 1 saturated carbocycles. The first-order valence-electron chi connectivity index (χ1n) is 11.6. The standard InChI is InChI=1S/C23H50O4Si2/c1-12-19(24)17-23(25)16-18(23)15-20(27-29(10,11)22(5,6)7)13-14-26-28(8,9)21(2,3)4/h18-20,24-25H,12-17H2,1-11H3/t18?,19-,20+,23?/m0/s1. The number of aliphatic hydroxyl groups excluding tert-OH is 1. The molecule has 0 radical (unpaired) electrons. The molecule has 2 unspecified atom stereocenters. The van der Waals surface area contributed by atoms with Gasteiger partial charge in [-0.2, -0.15) is 0 Å². The molecule has 1 fully saturated rings. The summed E-state index contributed by atoms with van der Waals surface area (Å²) in [5.74, 6) is 0.228. The third kappa shape index (κ3) is 7.72. The molecule has 0 aromatic heterocycles. The van der Waals surface area contributed by atoms with Gasteiger partial charge >= 0.3 is 0 Å². The van der Waals surface area contributed by atoms with Gasteiger partial charge < -0.3 is 19.1 Å². The van der Waals surface area contributed by atoms with Gasteiger partial charge in [-0.1, -0.05) is 48.5 Å². The summed E-state index contributed by atoms with van der Waals surface area (Å²) in [5, 5.41) is 21.2. The van der Waals surface area contributed by atoms with E-state index in [1.54, 1.807) is 0 Å². The summed E-state index contributed by atoms with van der Waals surface area (Å²) in [6.07, 6.45) is 3.40. The summed E-state index contributed by atoms with van der Waals surface area (Å²) in [7, 11) is -3.67. The zero-order valence-corrected chi connectivity index (χ0v) is 23.2. The molecule has 1 aliphatic carbocycles. The van der Waals surface area contributed by atoms with Gasteiger partial charge in [0.05, 0.1) is 11.7 Å². The lowest BCUT2D eigenvalue weighted by atomic mass is 10.0. The van der Waals surface area contributed by atoms with E-state index in [1.165, 1.54) is 0 Å².